The fourth-order valence-corrected chi connectivity index (χ4v) is 2.00. The number of aliphatic hydroxyl groups is 1. The summed E-state index contributed by atoms with van der Waals surface area (Å²) in [5.74, 6) is -1.77. The molecule has 0 saturated carbocycles. The Hall–Kier alpha value is -1.94. The number of hydrogen-bond donors (Lipinski definition) is 1. The smallest absolute Gasteiger partial charge is 0.159 e. The quantitative estimate of drug-likeness (QED) is 0.927. The highest BCUT2D eigenvalue weighted by Crippen LogP contribution is 2.22. The third-order valence-electron chi connectivity index (χ3n) is 3.21. The second-order valence-electron chi connectivity index (χ2n) is 4.95. The van der Waals surface area contributed by atoms with Crippen LogP contribution in [-0.2, 0) is 6.42 Å². The molecule has 1 unspecified atom stereocenters. The van der Waals surface area contributed by atoms with Gasteiger partial charge >= 0.3 is 0 Å². The van der Waals surface area contributed by atoms with Crippen LogP contribution < -0.4 is 4.90 Å². The van der Waals surface area contributed by atoms with Gasteiger partial charge in [0.1, 0.15) is 0 Å². The van der Waals surface area contributed by atoms with Gasteiger partial charge in [0.05, 0.1) is 6.10 Å². The molecule has 0 aliphatic rings. The number of rotatable bonds is 4. The summed E-state index contributed by atoms with van der Waals surface area (Å²) in [7, 11) is 3.87. The van der Waals surface area contributed by atoms with Crippen LogP contribution in [0.5, 0.6) is 0 Å². The van der Waals surface area contributed by atoms with Crippen molar-refractivity contribution < 1.29 is 13.9 Å². The van der Waals surface area contributed by atoms with Crippen LogP contribution in [0, 0.1) is 11.6 Å². The maximum atomic E-state index is 13.1. The molecule has 1 N–H and O–H groups in total. The largest absolute Gasteiger partial charge is 0.388 e. The van der Waals surface area contributed by atoms with E-state index >= 15 is 0 Å². The molecule has 2 aromatic rings. The molecule has 0 bridgehead atoms. The van der Waals surface area contributed by atoms with E-state index in [2.05, 4.69) is 0 Å². The molecule has 20 heavy (non-hydrogen) atoms. The summed E-state index contributed by atoms with van der Waals surface area (Å²) in [6, 6.07) is 11.2. The molecular weight excluding hydrogens is 260 g/mol. The molecule has 0 saturated heterocycles. The van der Waals surface area contributed by atoms with Gasteiger partial charge in [-0.05, 0) is 35.4 Å². The SMILES string of the molecule is CN(C)c1ccc(C(O)Cc2ccc(F)c(F)c2)cc1. The lowest BCUT2D eigenvalue weighted by Crippen LogP contribution is -2.09. The Morgan fingerprint density at radius 1 is 1.00 bits per heavy atom. The van der Waals surface area contributed by atoms with Gasteiger partial charge in [0.2, 0.25) is 0 Å². The molecule has 1 atom stereocenters. The van der Waals surface area contributed by atoms with Crippen molar-refractivity contribution in [2.75, 3.05) is 19.0 Å². The van der Waals surface area contributed by atoms with Crippen molar-refractivity contribution in [2.45, 2.75) is 12.5 Å². The van der Waals surface area contributed by atoms with Crippen molar-refractivity contribution in [3.63, 3.8) is 0 Å². The third-order valence-corrected chi connectivity index (χ3v) is 3.21. The fourth-order valence-electron chi connectivity index (χ4n) is 2.00. The Balaban J connectivity index is 2.10. The molecule has 4 heteroatoms. The van der Waals surface area contributed by atoms with Gasteiger partial charge in [-0.15, -0.1) is 0 Å². The lowest BCUT2D eigenvalue weighted by molar-refractivity contribution is 0.178. The zero-order valence-electron chi connectivity index (χ0n) is 11.5. The van der Waals surface area contributed by atoms with Gasteiger partial charge in [0.15, 0.2) is 11.6 Å². The van der Waals surface area contributed by atoms with Crippen LogP contribution in [0.4, 0.5) is 14.5 Å². The molecule has 0 radical (unpaired) electrons. The molecule has 0 aliphatic carbocycles. The highest BCUT2D eigenvalue weighted by atomic mass is 19.2. The zero-order valence-corrected chi connectivity index (χ0v) is 11.5. The van der Waals surface area contributed by atoms with Crippen molar-refractivity contribution in [3.05, 3.63) is 65.2 Å². The molecule has 2 rings (SSSR count). The fraction of sp³-hybridized carbons (Fsp3) is 0.250. The first kappa shape index (κ1) is 14.5. The molecule has 2 nitrogen and oxygen atoms in total. The summed E-state index contributed by atoms with van der Waals surface area (Å²) >= 11 is 0. The Morgan fingerprint density at radius 3 is 2.20 bits per heavy atom. The Labute approximate surface area is 117 Å². The number of anilines is 1. The number of benzene rings is 2. The second kappa shape index (κ2) is 6.01. The summed E-state index contributed by atoms with van der Waals surface area (Å²) in [4.78, 5) is 1.96. The summed E-state index contributed by atoms with van der Waals surface area (Å²) in [5.41, 5.74) is 2.35. The minimum Gasteiger partial charge on any atom is -0.388 e. The van der Waals surface area contributed by atoms with E-state index in [1.807, 2.05) is 43.3 Å². The Bertz CT molecular complexity index is 582. The summed E-state index contributed by atoms with van der Waals surface area (Å²) in [5, 5.41) is 10.1. The first-order chi connectivity index (χ1) is 9.47. The first-order valence-corrected chi connectivity index (χ1v) is 6.36. The van der Waals surface area contributed by atoms with Crippen LogP contribution >= 0.6 is 0 Å². The van der Waals surface area contributed by atoms with E-state index in [1.54, 1.807) is 0 Å². The lowest BCUT2D eigenvalue weighted by atomic mass is 10.0. The predicted octanol–water partition coefficient (Wildman–Crippen LogP) is 3.31. The van der Waals surface area contributed by atoms with E-state index in [-0.39, 0.29) is 6.42 Å². The molecular formula is C16H17F2NO. The summed E-state index contributed by atoms with van der Waals surface area (Å²) in [6.45, 7) is 0. The van der Waals surface area contributed by atoms with Gasteiger partial charge in [0.25, 0.3) is 0 Å². The molecule has 2 aromatic carbocycles. The van der Waals surface area contributed by atoms with E-state index in [1.165, 1.54) is 6.07 Å². The van der Waals surface area contributed by atoms with Crippen LogP contribution in [-0.4, -0.2) is 19.2 Å². The van der Waals surface area contributed by atoms with Crippen LogP contribution in [0.25, 0.3) is 0 Å². The van der Waals surface area contributed by atoms with Crippen molar-refractivity contribution in [2.24, 2.45) is 0 Å². The van der Waals surface area contributed by atoms with Gasteiger partial charge in [-0.2, -0.15) is 0 Å². The van der Waals surface area contributed by atoms with Crippen LogP contribution in [0.15, 0.2) is 42.5 Å². The third kappa shape index (κ3) is 3.33. The topological polar surface area (TPSA) is 23.5 Å². The van der Waals surface area contributed by atoms with Crippen LogP contribution in [0.2, 0.25) is 0 Å². The van der Waals surface area contributed by atoms with E-state index in [9.17, 15) is 13.9 Å². The zero-order chi connectivity index (χ0) is 14.7. The van der Waals surface area contributed by atoms with E-state index in [0.29, 0.717) is 5.56 Å². The molecule has 0 heterocycles. The molecule has 0 aliphatic heterocycles. The van der Waals surface area contributed by atoms with Gasteiger partial charge < -0.3 is 10.0 Å². The van der Waals surface area contributed by atoms with E-state index in [4.69, 9.17) is 0 Å². The highest BCUT2D eigenvalue weighted by Gasteiger charge is 2.11. The van der Waals surface area contributed by atoms with Gasteiger partial charge in [-0.3, -0.25) is 0 Å². The first-order valence-electron chi connectivity index (χ1n) is 6.36. The molecule has 0 fully saturated rings. The van der Waals surface area contributed by atoms with E-state index in [0.717, 1.165) is 23.4 Å². The van der Waals surface area contributed by atoms with Crippen molar-refractivity contribution in [3.8, 4) is 0 Å². The van der Waals surface area contributed by atoms with Crippen LogP contribution in [0.1, 0.15) is 17.2 Å². The average Bonchev–Trinajstić information content (AvgIpc) is 2.43. The normalized spacial score (nSPS) is 12.2. The molecule has 0 aromatic heterocycles. The predicted molar refractivity (Wildman–Crippen MR) is 75.8 cm³/mol. The molecule has 0 amide bonds. The van der Waals surface area contributed by atoms with Crippen molar-refractivity contribution in [1.29, 1.82) is 0 Å². The number of aliphatic hydroxyl groups excluding tert-OH is 1. The minimum atomic E-state index is -0.891. The number of halogens is 2. The van der Waals surface area contributed by atoms with Gasteiger partial charge in [-0.25, -0.2) is 8.78 Å². The summed E-state index contributed by atoms with van der Waals surface area (Å²) in [6.07, 6.45) is -0.491. The average molecular weight is 277 g/mol. The Morgan fingerprint density at radius 2 is 1.65 bits per heavy atom. The van der Waals surface area contributed by atoms with Crippen molar-refractivity contribution in [1.82, 2.24) is 0 Å². The highest BCUT2D eigenvalue weighted by molar-refractivity contribution is 5.46. The summed E-state index contributed by atoms with van der Waals surface area (Å²) < 4.78 is 25.9. The van der Waals surface area contributed by atoms with E-state index < -0.39 is 17.7 Å². The van der Waals surface area contributed by atoms with Crippen LogP contribution in [0.3, 0.4) is 0 Å². The second-order valence-corrected chi connectivity index (χ2v) is 4.95. The maximum Gasteiger partial charge on any atom is 0.159 e. The van der Waals surface area contributed by atoms with Gasteiger partial charge in [0, 0.05) is 26.2 Å². The van der Waals surface area contributed by atoms with Gasteiger partial charge in [-0.1, -0.05) is 18.2 Å². The standard InChI is InChI=1S/C16H17F2NO/c1-19(2)13-6-4-12(5-7-13)16(20)10-11-3-8-14(17)15(18)9-11/h3-9,16,20H,10H2,1-2H3. The lowest BCUT2D eigenvalue weighted by Gasteiger charge is -2.15. The molecule has 0 spiro atoms. The Kier molecular flexibility index (Phi) is 4.35. The maximum absolute atomic E-state index is 13.1. The number of nitrogens with zero attached hydrogens (tertiary/aromatic N) is 1. The molecule has 106 valence electrons. The monoisotopic (exact) mass is 277 g/mol. The minimum absolute atomic E-state index is 0.249. The number of hydrogen-bond acceptors (Lipinski definition) is 2. The van der Waals surface area contributed by atoms with Crippen molar-refractivity contribution >= 4 is 5.69 Å².